The molecule has 7 nitrogen and oxygen atoms in total. The van der Waals surface area contributed by atoms with Crippen molar-refractivity contribution >= 4 is 15.7 Å². The molecule has 1 atom stereocenters. The van der Waals surface area contributed by atoms with E-state index in [0.29, 0.717) is 19.6 Å². The zero-order valence-corrected chi connectivity index (χ0v) is 18.8. The lowest BCUT2D eigenvalue weighted by Gasteiger charge is -2.27. The number of hydrogen-bond donors (Lipinski definition) is 1. The Morgan fingerprint density at radius 3 is 2.25 bits per heavy atom. The van der Waals surface area contributed by atoms with E-state index in [2.05, 4.69) is 5.32 Å². The fourth-order valence-electron chi connectivity index (χ4n) is 3.75. The van der Waals surface area contributed by atoms with E-state index in [0.717, 1.165) is 11.1 Å². The summed E-state index contributed by atoms with van der Waals surface area (Å²) in [5.74, 6) is -0.411. The minimum absolute atomic E-state index is 0.00416. The highest BCUT2D eigenvalue weighted by atomic mass is 32.2. The van der Waals surface area contributed by atoms with E-state index >= 15 is 0 Å². The first kappa shape index (κ1) is 23.5. The van der Waals surface area contributed by atoms with Gasteiger partial charge in [0, 0.05) is 25.9 Å². The highest BCUT2D eigenvalue weighted by molar-refractivity contribution is 7.91. The zero-order valence-electron chi connectivity index (χ0n) is 18.0. The third kappa shape index (κ3) is 6.19. The Morgan fingerprint density at radius 2 is 1.78 bits per heavy atom. The number of sulfone groups is 1. The Labute approximate surface area is 189 Å². The van der Waals surface area contributed by atoms with Crippen LogP contribution < -0.4 is 5.32 Å². The van der Waals surface area contributed by atoms with E-state index < -0.39 is 21.8 Å². The number of nitriles is 1. The monoisotopic (exact) mass is 453 g/mol. The topological polar surface area (TPSA) is 99.5 Å². The van der Waals surface area contributed by atoms with E-state index in [9.17, 15) is 18.5 Å². The molecule has 1 unspecified atom stereocenters. The summed E-state index contributed by atoms with van der Waals surface area (Å²) in [6.07, 6.45) is 1.92. The second-order valence-electron chi connectivity index (χ2n) is 7.67. The van der Waals surface area contributed by atoms with Gasteiger partial charge >= 0.3 is 0 Å². The molecule has 3 rings (SSSR count). The SMILES string of the molecule is COCCN(/C=C(/C#N)C(=O)NC(c1ccccc1)c1ccccc1)C1CCS(=O)(=O)C1. The van der Waals surface area contributed by atoms with Crippen molar-refractivity contribution in [3.63, 3.8) is 0 Å². The lowest BCUT2D eigenvalue weighted by Crippen LogP contribution is -2.36. The first-order chi connectivity index (χ1) is 15.4. The van der Waals surface area contributed by atoms with Gasteiger partial charge in [0.05, 0.1) is 24.2 Å². The van der Waals surface area contributed by atoms with Gasteiger partial charge in [-0.05, 0) is 17.5 Å². The molecular weight excluding hydrogens is 426 g/mol. The molecule has 0 aromatic heterocycles. The number of hydrogen-bond acceptors (Lipinski definition) is 6. The van der Waals surface area contributed by atoms with Gasteiger partial charge < -0.3 is 15.0 Å². The van der Waals surface area contributed by atoms with Gasteiger partial charge in [0.25, 0.3) is 5.91 Å². The van der Waals surface area contributed by atoms with Crippen LogP contribution in [-0.2, 0) is 19.4 Å². The Bertz CT molecular complexity index is 1040. The predicted octanol–water partition coefficient (Wildman–Crippen LogP) is 2.44. The molecule has 0 aliphatic carbocycles. The number of rotatable bonds is 9. The van der Waals surface area contributed by atoms with Gasteiger partial charge in [0.15, 0.2) is 9.84 Å². The molecule has 168 valence electrons. The molecule has 1 fully saturated rings. The van der Waals surface area contributed by atoms with Crippen LogP contribution in [0.3, 0.4) is 0 Å². The maximum absolute atomic E-state index is 13.1. The normalized spacial score (nSPS) is 17.7. The molecule has 0 radical (unpaired) electrons. The van der Waals surface area contributed by atoms with E-state index in [4.69, 9.17) is 4.74 Å². The van der Waals surface area contributed by atoms with E-state index in [1.54, 1.807) is 12.0 Å². The second-order valence-corrected chi connectivity index (χ2v) is 9.90. The Balaban J connectivity index is 1.86. The van der Waals surface area contributed by atoms with Crippen LogP contribution in [0, 0.1) is 11.3 Å². The van der Waals surface area contributed by atoms with Crippen LogP contribution in [-0.4, -0.2) is 57.0 Å². The molecule has 8 heteroatoms. The minimum Gasteiger partial charge on any atom is -0.383 e. The minimum atomic E-state index is -3.11. The van der Waals surface area contributed by atoms with Gasteiger partial charge in [0.1, 0.15) is 11.6 Å². The fraction of sp³-hybridized carbons (Fsp3) is 0.333. The number of methoxy groups -OCH3 is 1. The summed E-state index contributed by atoms with van der Waals surface area (Å²) < 4.78 is 29.0. The molecule has 32 heavy (non-hydrogen) atoms. The molecule has 2 aromatic carbocycles. The van der Waals surface area contributed by atoms with Crippen molar-refractivity contribution < 1.29 is 17.9 Å². The van der Waals surface area contributed by atoms with Crippen LogP contribution in [0.4, 0.5) is 0 Å². The molecule has 1 saturated heterocycles. The molecule has 1 aliphatic rings. The van der Waals surface area contributed by atoms with Crippen molar-refractivity contribution in [2.45, 2.75) is 18.5 Å². The molecule has 1 heterocycles. The average molecular weight is 454 g/mol. The van der Waals surface area contributed by atoms with Crippen molar-refractivity contribution in [3.05, 3.63) is 83.6 Å². The number of carbonyl (C=O) groups excluding carboxylic acids is 1. The largest absolute Gasteiger partial charge is 0.383 e. The van der Waals surface area contributed by atoms with E-state index in [-0.39, 0.29) is 23.1 Å². The van der Waals surface area contributed by atoms with Crippen LogP contribution in [0.5, 0.6) is 0 Å². The lowest BCUT2D eigenvalue weighted by atomic mass is 9.98. The molecule has 0 spiro atoms. The van der Waals surface area contributed by atoms with Gasteiger partial charge in [-0.1, -0.05) is 60.7 Å². The van der Waals surface area contributed by atoms with Crippen molar-refractivity contribution in [2.75, 3.05) is 31.8 Å². The van der Waals surface area contributed by atoms with Gasteiger partial charge in [-0.15, -0.1) is 0 Å². The van der Waals surface area contributed by atoms with E-state index in [1.807, 2.05) is 66.7 Å². The van der Waals surface area contributed by atoms with Gasteiger partial charge in [-0.25, -0.2) is 8.42 Å². The highest BCUT2D eigenvalue weighted by Gasteiger charge is 2.32. The summed E-state index contributed by atoms with van der Waals surface area (Å²) in [6.45, 7) is 0.736. The summed E-state index contributed by atoms with van der Waals surface area (Å²) in [6, 6.07) is 20.3. The molecular formula is C24H27N3O4S. The molecule has 1 amide bonds. The predicted molar refractivity (Wildman–Crippen MR) is 122 cm³/mol. The van der Waals surface area contributed by atoms with Gasteiger partial charge in [-0.2, -0.15) is 5.26 Å². The van der Waals surface area contributed by atoms with Crippen molar-refractivity contribution in [2.24, 2.45) is 0 Å². The summed E-state index contributed by atoms with van der Waals surface area (Å²) in [5, 5.41) is 12.7. The summed E-state index contributed by atoms with van der Waals surface area (Å²) in [5.41, 5.74) is 1.70. The summed E-state index contributed by atoms with van der Waals surface area (Å²) in [7, 11) is -1.56. The maximum Gasteiger partial charge on any atom is 0.264 e. The molecule has 0 saturated carbocycles. The quantitative estimate of drug-likeness (QED) is 0.462. The number of nitrogens with zero attached hydrogens (tertiary/aromatic N) is 2. The van der Waals surface area contributed by atoms with E-state index in [1.165, 1.54) is 6.20 Å². The van der Waals surface area contributed by atoms with Crippen LogP contribution in [0.2, 0.25) is 0 Å². The number of amides is 1. The smallest absolute Gasteiger partial charge is 0.264 e. The van der Waals surface area contributed by atoms with Crippen LogP contribution >= 0.6 is 0 Å². The van der Waals surface area contributed by atoms with Crippen molar-refractivity contribution in [1.29, 1.82) is 5.26 Å². The number of carbonyl (C=O) groups is 1. The summed E-state index contributed by atoms with van der Waals surface area (Å²) in [4.78, 5) is 14.8. The number of nitrogens with one attached hydrogen (secondary N) is 1. The Hall–Kier alpha value is -3.15. The van der Waals surface area contributed by atoms with Crippen LogP contribution in [0.1, 0.15) is 23.6 Å². The average Bonchev–Trinajstić information content (AvgIpc) is 3.18. The van der Waals surface area contributed by atoms with Crippen LogP contribution in [0.25, 0.3) is 0 Å². The van der Waals surface area contributed by atoms with Gasteiger partial charge in [0.2, 0.25) is 0 Å². The standard InChI is InChI=1S/C24H27N3O4S/c1-31-14-13-27(22-12-15-32(29,30)18-22)17-21(16-25)24(28)26-23(19-8-4-2-5-9-19)20-10-6-3-7-11-20/h2-11,17,22-23H,12-15,18H2,1H3,(H,26,28)/b21-17-. The Morgan fingerprint density at radius 1 is 1.19 bits per heavy atom. The molecule has 2 aromatic rings. The lowest BCUT2D eigenvalue weighted by molar-refractivity contribution is -0.117. The molecule has 1 aliphatic heterocycles. The van der Waals surface area contributed by atoms with Gasteiger partial charge in [-0.3, -0.25) is 4.79 Å². The van der Waals surface area contributed by atoms with Crippen molar-refractivity contribution in [3.8, 4) is 6.07 Å². The molecule has 1 N–H and O–H groups in total. The third-order valence-electron chi connectivity index (χ3n) is 5.43. The molecule has 0 bridgehead atoms. The first-order valence-corrected chi connectivity index (χ1v) is 12.2. The Kier molecular flexibility index (Phi) is 8.03. The fourth-order valence-corrected chi connectivity index (χ4v) is 5.49. The highest BCUT2D eigenvalue weighted by Crippen LogP contribution is 2.23. The summed E-state index contributed by atoms with van der Waals surface area (Å²) >= 11 is 0. The first-order valence-electron chi connectivity index (χ1n) is 10.4. The second kappa shape index (κ2) is 10.9. The zero-order chi connectivity index (χ0) is 23.0. The third-order valence-corrected chi connectivity index (χ3v) is 7.18. The number of ether oxygens (including phenoxy) is 1. The maximum atomic E-state index is 13.1. The van der Waals surface area contributed by atoms with Crippen LogP contribution in [0.15, 0.2) is 72.4 Å². The van der Waals surface area contributed by atoms with Crippen molar-refractivity contribution in [1.82, 2.24) is 10.2 Å². The number of benzene rings is 2.